The van der Waals surface area contributed by atoms with E-state index in [1.165, 1.54) is 18.2 Å². The summed E-state index contributed by atoms with van der Waals surface area (Å²) in [4.78, 5) is 25.5. The van der Waals surface area contributed by atoms with Crippen LogP contribution in [0.15, 0.2) is 50.5 Å². The van der Waals surface area contributed by atoms with Gasteiger partial charge in [-0.25, -0.2) is 18.0 Å². The quantitative estimate of drug-likeness (QED) is 0.288. The molecule has 0 fully saturated rings. The monoisotopic (exact) mass is 503 g/mol. The Balaban J connectivity index is 1.64. The Morgan fingerprint density at radius 2 is 1.85 bits per heavy atom. The van der Waals surface area contributed by atoms with Crippen LogP contribution in [0.25, 0.3) is 11.0 Å². The second kappa shape index (κ2) is 9.52. The number of benzene rings is 2. The van der Waals surface area contributed by atoms with E-state index in [2.05, 4.69) is 4.72 Å². The van der Waals surface area contributed by atoms with E-state index in [-0.39, 0.29) is 27.2 Å². The zero-order chi connectivity index (χ0) is 24.6. The molecule has 1 heterocycles. The summed E-state index contributed by atoms with van der Waals surface area (Å²) in [5.41, 5.74) is 2.37. The largest absolute Gasteiger partial charge is 0.424 e. The Bertz CT molecular complexity index is 1410. The lowest BCUT2D eigenvalue weighted by Gasteiger charge is -2.23. The highest BCUT2D eigenvalue weighted by atomic mass is 35.5. The van der Waals surface area contributed by atoms with Crippen LogP contribution in [0.2, 0.25) is 5.02 Å². The number of aryl methyl sites for hydroxylation is 2. The average molecular weight is 504 g/mol. The van der Waals surface area contributed by atoms with Gasteiger partial charge in [0.25, 0.3) is 0 Å². The molecule has 4 rings (SSSR count). The lowest BCUT2D eigenvalue weighted by Crippen LogP contribution is -2.46. The Morgan fingerprint density at radius 1 is 1.18 bits per heavy atom. The van der Waals surface area contributed by atoms with E-state index in [0.29, 0.717) is 18.4 Å². The van der Waals surface area contributed by atoms with Crippen LogP contribution in [0.3, 0.4) is 0 Å². The van der Waals surface area contributed by atoms with E-state index in [0.717, 1.165) is 29.4 Å². The molecule has 34 heavy (non-hydrogen) atoms. The molecule has 0 saturated heterocycles. The van der Waals surface area contributed by atoms with Crippen LogP contribution < -0.4 is 15.1 Å². The molecule has 0 bridgehead atoms. The minimum atomic E-state index is -3.97. The van der Waals surface area contributed by atoms with Gasteiger partial charge in [0.05, 0.1) is 9.92 Å². The van der Waals surface area contributed by atoms with E-state index >= 15 is 0 Å². The smallest absolute Gasteiger partial charge is 0.339 e. The van der Waals surface area contributed by atoms with Crippen LogP contribution in [-0.4, -0.2) is 20.4 Å². The number of hydrogen-bond acceptors (Lipinski definition) is 6. The van der Waals surface area contributed by atoms with Crippen molar-refractivity contribution >= 4 is 38.6 Å². The van der Waals surface area contributed by atoms with Gasteiger partial charge in [0.15, 0.2) is 5.75 Å². The number of rotatable bonds is 7. The van der Waals surface area contributed by atoms with E-state index in [1.807, 2.05) is 13.8 Å². The molecule has 2 unspecified atom stereocenters. The van der Waals surface area contributed by atoms with Gasteiger partial charge < -0.3 is 9.15 Å². The number of nitrogens with one attached hydrogen (secondary N) is 1. The van der Waals surface area contributed by atoms with Gasteiger partial charge in [-0.05, 0) is 55.9 Å². The molecule has 0 radical (unpaired) electrons. The molecule has 0 saturated carbocycles. The van der Waals surface area contributed by atoms with Gasteiger partial charge in [0, 0.05) is 17.0 Å². The molecule has 0 amide bonds. The minimum absolute atomic E-state index is 0.00287. The van der Waals surface area contributed by atoms with Crippen LogP contribution in [0.5, 0.6) is 5.75 Å². The Hall–Kier alpha value is -2.68. The fraction of sp³-hybridized carbons (Fsp3) is 0.360. The fourth-order valence-electron chi connectivity index (χ4n) is 4.12. The molecule has 180 valence electrons. The Labute approximate surface area is 203 Å². The first-order valence-electron chi connectivity index (χ1n) is 11.2. The summed E-state index contributed by atoms with van der Waals surface area (Å²) in [6, 6.07) is 8.23. The van der Waals surface area contributed by atoms with Crippen molar-refractivity contribution in [2.75, 3.05) is 0 Å². The summed E-state index contributed by atoms with van der Waals surface area (Å²) >= 11 is 6.42. The second-order valence-corrected chi connectivity index (χ2v) is 10.8. The van der Waals surface area contributed by atoms with Gasteiger partial charge >= 0.3 is 11.6 Å². The first kappa shape index (κ1) is 24.4. The standard InChI is InChI=1S/C25H26ClNO6S/c1-4-15(3)23(27-34(30,31)16-10-8-14(2)9-11-16)25(29)33-22-13-21-19(12-20(22)26)17-6-5-7-18(17)24(28)32-21/h8-13,15,23,27H,4-7H2,1-3H3. The summed E-state index contributed by atoms with van der Waals surface area (Å²) in [6.07, 6.45) is 2.82. The molecular weight excluding hydrogens is 478 g/mol. The normalized spacial score (nSPS) is 15.2. The molecule has 1 aliphatic carbocycles. The molecule has 0 spiro atoms. The highest BCUT2D eigenvalue weighted by Gasteiger charge is 2.32. The summed E-state index contributed by atoms with van der Waals surface area (Å²) < 4.78 is 39.3. The first-order valence-corrected chi connectivity index (χ1v) is 13.1. The van der Waals surface area contributed by atoms with Crippen molar-refractivity contribution in [1.29, 1.82) is 0 Å². The molecule has 2 aromatic carbocycles. The molecule has 1 N–H and O–H groups in total. The van der Waals surface area contributed by atoms with Crippen molar-refractivity contribution in [3.05, 3.63) is 68.5 Å². The lowest BCUT2D eigenvalue weighted by molar-refractivity contribution is -0.137. The van der Waals surface area contributed by atoms with E-state index < -0.39 is 27.7 Å². The molecule has 1 aliphatic rings. The van der Waals surface area contributed by atoms with Gasteiger partial charge in [0.2, 0.25) is 10.0 Å². The first-order chi connectivity index (χ1) is 16.1. The number of hydrogen-bond donors (Lipinski definition) is 1. The van der Waals surface area contributed by atoms with Gasteiger partial charge in [-0.2, -0.15) is 4.72 Å². The number of carbonyl (C=O) groups excluding carboxylic acids is 1. The van der Waals surface area contributed by atoms with Gasteiger partial charge in [-0.1, -0.05) is 49.6 Å². The van der Waals surface area contributed by atoms with E-state index in [4.69, 9.17) is 20.8 Å². The predicted molar refractivity (Wildman–Crippen MR) is 130 cm³/mol. The number of fused-ring (bicyclic) bond motifs is 3. The zero-order valence-corrected chi connectivity index (χ0v) is 20.8. The topological polar surface area (TPSA) is 103 Å². The zero-order valence-electron chi connectivity index (χ0n) is 19.2. The van der Waals surface area contributed by atoms with Crippen molar-refractivity contribution in [1.82, 2.24) is 4.72 Å². The second-order valence-electron chi connectivity index (χ2n) is 8.70. The van der Waals surface area contributed by atoms with Crippen molar-refractivity contribution in [2.24, 2.45) is 5.92 Å². The number of esters is 1. The number of ether oxygens (including phenoxy) is 1. The Morgan fingerprint density at radius 3 is 2.53 bits per heavy atom. The summed E-state index contributed by atoms with van der Waals surface area (Å²) in [5.74, 6) is -1.15. The van der Waals surface area contributed by atoms with Crippen LogP contribution in [0.4, 0.5) is 0 Å². The van der Waals surface area contributed by atoms with Crippen LogP contribution in [-0.2, 0) is 27.7 Å². The highest BCUT2D eigenvalue weighted by molar-refractivity contribution is 7.89. The van der Waals surface area contributed by atoms with Crippen LogP contribution >= 0.6 is 11.6 Å². The SMILES string of the molecule is CCC(C)C(NS(=O)(=O)c1ccc(C)cc1)C(=O)Oc1cc2oc(=O)c3c(c2cc1Cl)CCC3. The molecule has 9 heteroatoms. The average Bonchev–Trinajstić information content (AvgIpc) is 3.29. The maximum atomic E-state index is 13.1. The fourth-order valence-corrected chi connectivity index (χ4v) is 5.61. The molecule has 3 aromatic rings. The number of halogens is 1. The molecule has 1 aromatic heterocycles. The summed E-state index contributed by atoms with van der Waals surface area (Å²) in [6.45, 7) is 5.46. The van der Waals surface area contributed by atoms with Crippen molar-refractivity contribution in [2.45, 2.75) is 57.4 Å². The van der Waals surface area contributed by atoms with Crippen LogP contribution in [0, 0.1) is 12.8 Å². The molecular formula is C25H26ClNO6S. The maximum Gasteiger partial charge on any atom is 0.339 e. The van der Waals surface area contributed by atoms with Crippen molar-refractivity contribution < 1.29 is 22.4 Å². The van der Waals surface area contributed by atoms with Gasteiger partial charge in [-0.3, -0.25) is 0 Å². The number of carbonyl (C=O) groups is 1. The summed E-state index contributed by atoms with van der Waals surface area (Å²) in [7, 11) is -3.97. The third-order valence-corrected chi connectivity index (χ3v) is 8.07. The predicted octanol–water partition coefficient (Wildman–Crippen LogP) is 4.54. The highest BCUT2D eigenvalue weighted by Crippen LogP contribution is 2.35. The minimum Gasteiger partial charge on any atom is -0.424 e. The number of sulfonamides is 1. The molecule has 0 aliphatic heterocycles. The maximum absolute atomic E-state index is 13.1. The Kier molecular flexibility index (Phi) is 6.85. The van der Waals surface area contributed by atoms with E-state index in [9.17, 15) is 18.0 Å². The lowest BCUT2D eigenvalue weighted by atomic mass is 10.0. The third-order valence-electron chi connectivity index (χ3n) is 6.32. The van der Waals surface area contributed by atoms with Crippen molar-refractivity contribution in [3.8, 4) is 5.75 Å². The van der Waals surface area contributed by atoms with E-state index in [1.54, 1.807) is 25.1 Å². The molecule has 7 nitrogen and oxygen atoms in total. The summed E-state index contributed by atoms with van der Waals surface area (Å²) in [5, 5.41) is 0.892. The van der Waals surface area contributed by atoms with Gasteiger partial charge in [-0.15, -0.1) is 0 Å². The third kappa shape index (κ3) is 4.76. The van der Waals surface area contributed by atoms with Gasteiger partial charge in [0.1, 0.15) is 11.6 Å². The molecule has 2 atom stereocenters. The van der Waals surface area contributed by atoms with Crippen LogP contribution in [0.1, 0.15) is 43.4 Å². The van der Waals surface area contributed by atoms with Crippen molar-refractivity contribution in [3.63, 3.8) is 0 Å².